The fraction of sp³-hybridized carbons (Fsp3) is 0.625. The third kappa shape index (κ3) is 5.72. The minimum Gasteiger partial charge on any atom is -0.376 e. The normalized spacial score (nSPS) is 14.6. The summed E-state index contributed by atoms with van der Waals surface area (Å²) in [4.78, 5) is 0. The highest BCUT2D eigenvalue weighted by Gasteiger charge is 2.19. The van der Waals surface area contributed by atoms with Gasteiger partial charge < -0.3 is 15.2 Å². The van der Waals surface area contributed by atoms with Gasteiger partial charge in [-0.1, -0.05) is 36.8 Å². The molecule has 1 rings (SSSR count). The number of benzene rings is 1. The summed E-state index contributed by atoms with van der Waals surface area (Å²) in [6.07, 6.45) is 1.07. The molecule has 0 amide bonds. The summed E-state index contributed by atoms with van der Waals surface area (Å²) in [5.41, 5.74) is 8.56. The Balaban J connectivity index is 2.62. The van der Waals surface area contributed by atoms with E-state index in [1.807, 2.05) is 19.9 Å². The average Bonchev–Trinajstić information content (AvgIpc) is 2.37. The van der Waals surface area contributed by atoms with E-state index in [9.17, 15) is 0 Å². The summed E-state index contributed by atoms with van der Waals surface area (Å²) in [6, 6.07) is 8.37. The number of hydrogen-bond acceptors (Lipinski definition) is 3. The van der Waals surface area contributed by atoms with Crippen LogP contribution in [0.4, 0.5) is 0 Å². The van der Waals surface area contributed by atoms with Crippen molar-refractivity contribution < 1.29 is 9.47 Å². The lowest BCUT2D eigenvalue weighted by Crippen LogP contribution is -2.30. The van der Waals surface area contributed by atoms with Crippen LogP contribution in [0.2, 0.25) is 0 Å². The second-order valence-electron chi connectivity index (χ2n) is 5.20. The standard InChI is InChI=1S/C16H27NO2/c1-5-15(17)16(19-10-9-18-12(2)3)14-8-6-7-13(4)11-14/h6-8,11-12,15-16H,5,9-10,17H2,1-4H3. The van der Waals surface area contributed by atoms with Gasteiger partial charge in [-0.2, -0.15) is 0 Å². The van der Waals surface area contributed by atoms with Crippen LogP contribution in [0.15, 0.2) is 24.3 Å². The Morgan fingerprint density at radius 1 is 1.16 bits per heavy atom. The van der Waals surface area contributed by atoms with Crippen LogP contribution in [-0.4, -0.2) is 25.4 Å². The largest absolute Gasteiger partial charge is 0.376 e. The van der Waals surface area contributed by atoms with Gasteiger partial charge in [0, 0.05) is 6.04 Å². The maximum atomic E-state index is 6.18. The van der Waals surface area contributed by atoms with Gasteiger partial charge in [-0.15, -0.1) is 0 Å². The van der Waals surface area contributed by atoms with Crippen LogP contribution >= 0.6 is 0 Å². The van der Waals surface area contributed by atoms with Gasteiger partial charge in [0.2, 0.25) is 0 Å². The summed E-state index contributed by atoms with van der Waals surface area (Å²) in [5.74, 6) is 0. The molecule has 2 atom stereocenters. The zero-order valence-electron chi connectivity index (χ0n) is 12.6. The number of nitrogens with two attached hydrogens (primary N) is 1. The Labute approximate surface area is 117 Å². The fourth-order valence-electron chi connectivity index (χ4n) is 1.99. The number of hydrogen-bond donors (Lipinski definition) is 1. The Kier molecular flexibility index (Phi) is 7.06. The first-order chi connectivity index (χ1) is 9.04. The van der Waals surface area contributed by atoms with E-state index in [2.05, 4.69) is 32.0 Å². The molecule has 0 spiro atoms. The van der Waals surface area contributed by atoms with Crippen molar-refractivity contribution in [1.82, 2.24) is 0 Å². The molecule has 0 aromatic heterocycles. The molecule has 0 saturated heterocycles. The zero-order valence-corrected chi connectivity index (χ0v) is 12.6. The average molecular weight is 265 g/mol. The summed E-state index contributed by atoms with van der Waals surface area (Å²) >= 11 is 0. The van der Waals surface area contributed by atoms with Crippen molar-refractivity contribution in [3.63, 3.8) is 0 Å². The highest BCUT2D eigenvalue weighted by atomic mass is 16.5. The molecule has 3 nitrogen and oxygen atoms in total. The molecule has 0 radical (unpaired) electrons. The molecule has 2 N–H and O–H groups in total. The predicted octanol–water partition coefficient (Wildman–Crippen LogP) is 3.22. The van der Waals surface area contributed by atoms with Crippen molar-refractivity contribution in [2.24, 2.45) is 5.73 Å². The van der Waals surface area contributed by atoms with Crippen LogP contribution in [0.25, 0.3) is 0 Å². The van der Waals surface area contributed by atoms with Crippen molar-refractivity contribution in [3.05, 3.63) is 35.4 Å². The minimum atomic E-state index is -0.0549. The molecule has 0 heterocycles. The van der Waals surface area contributed by atoms with Gasteiger partial charge >= 0.3 is 0 Å². The lowest BCUT2D eigenvalue weighted by molar-refractivity contribution is -0.0224. The van der Waals surface area contributed by atoms with Crippen LogP contribution in [-0.2, 0) is 9.47 Å². The zero-order chi connectivity index (χ0) is 14.3. The first-order valence-electron chi connectivity index (χ1n) is 7.10. The Bertz CT molecular complexity index is 366. The maximum absolute atomic E-state index is 6.18. The molecule has 0 bridgehead atoms. The SMILES string of the molecule is CCC(N)C(OCCOC(C)C)c1cccc(C)c1. The van der Waals surface area contributed by atoms with Gasteiger partial charge in [0.25, 0.3) is 0 Å². The van der Waals surface area contributed by atoms with E-state index in [4.69, 9.17) is 15.2 Å². The van der Waals surface area contributed by atoms with Gasteiger partial charge in [0.05, 0.1) is 25.4 Å². The van der Waals surface area contributed by atoms with Crippen molar-refractivity contribution in [3.8, 4) is 0 Å². The van der Waals surface area contributed by atoms with Crippen molar-refractivity contribution in [2.75, 3.05) is 13.2 Å². The third-order valence-corrected chi connectivity index (χ3v) is 3.06. The van der Waals surface area contributed by atoms with Crippen molar-refractivity contribution in [1.29, 1.82) is 0 Å². The summed E-state index contributed by atoms with van der Waals surface area (Å²) < 4.78 is 11.4. The monoisotopic (exact) mass is 265 g/mol. The molecule has 0 aliphatic heterocycles. The fourth-order valence-corrected chi connectivity index (χ4v) is 1.99. The molecule has 0 aliphatic rings. The molecule has 108 valence electrons. The highest BCUT2D eigenvalue weighted by Crippen LogP contribution is 2.22. The van der Waals surface area contributed by atoms with Crippen molar-refractivity contribution in [2.45, 2.75) is 52.4 Å². The van der Waals surface area contributed by atoms with Gasteiger partial charge in [-0.05, 0) is 32.8 Å². The molecule has 0 fully saturated rings. The van der Waals surface area contributed by atoms with E-state index in [-0.39, 0.29) is 18.2 Å². The predicted molar refractivity (Wildman–Crippen MR) is 79.2 cm³/mol. The number of rotatable bonds is 8. The summed E-state index contributed by atoms with van der Waals surface area (Å²) in [5, 5.41) is 0. The second kappa shape index (κ2) is 8.31. The van der Waals surface area contributed by atoms with Gasteiger partial charge in [-0.25, -0.2) is 0 Å². The first-order valence-corrected chi connectivity index (χ1v) is 7.10. The molecule has 2 unspecified atom stereocenters. The summed E-state index contributed by atoms with van der Waals surface area (Å²) in [7, 11) is 0. The van der Waals surface area contributed by atoms with E-state index in [1.165, 1.54) is 5.56 Å². The maximum Gasteiger partial charge on any atom is 0.0976 e. The molecule has 0 saturated carbocycles. The molecule has 0 aliphatic carbocycles. The Hall–Kier alpha value is -0.900. The van der Waals surface area contributed by atoms with Crippen LogP contribution in [0.5, 0.6) is 0 Å². The topological polar surface area (TPSA) is 44.5 Å². The van der Waals surface area contributed by atoms with Gasteiger partial charge in [-0.3, -0.25) is 0 Å². The third-order valence-electron chi connectivity index (χ3n) is 3.06. The number of aryl methyl sites for hydroxylation is 1. The molecular formula is C16H27NO2. The lowest BCUT2D eigenvalue weighted by Gasteiger charge is -2.24. The van der Waals surface area contributed by atoms with Crippen LogP contribution < -0.4 is 5.73 Å². The van der Waals surface area contributed by atoms with Crippen molar-refractivity contribution >= 4 is 0 Å². The smallest absolute Gasteiger partial charge is 0.0976 e. The second-order valence-corrected chi connectivity index (χ2v) is 5.20. The Morgan fingerprint density at radius 2 is 1.84 bits per heavy atom. The van der Waals surface area contributed by atoms with Gasteiger partial charge in [0.15, 0.2) is 0 Å². The molecule has 3 heteroatoms. The van der Waals surface area contributed by atoms with E-state index in [0.29, 0.717) is 13.2 Å². The highest BCUT2D eigenvalue weighted by molar-refractivity contribution is 5.25. The van der Waals surface area contributed by atoms with Crippen LogP contribution in [0.3, 0.4) is 0 Å². The lowest BCUT2D eigenvalue weighted by atomic mass is 9.99. The Morgan fingerprint density at radius 3 is 2.42 bits per heavy atom. The van der Waals surface area contributed by atoms with E-state index < -0.39 is 0 Å². The summed E-state index contributed by atoms with van der Waals surface area (Å²) in [6.45, 7) is 9.40. The van der Waals surface area contributed by atoms with E-state index in [1.54, 1.807) is 0 Å². The van der Waals surface area contributed by atoms with E-state index in [0.717, 1.165) is 12.0 Å². The van der Waals surface area contributed by atoms with E-state index >= 15 is 0 Å². The molecular weight excluding hydrogens is 238 g/mol. The van der Waals surface area contributed by atoms with Crippen LogP contribution in [0, 0.1) is 6.92 Å². The molecule has 19 heavy (non-hydrogen) atoms. The van der Waals surface area contributed by atoms with Gasteiger partial charge in [0.1, 0.15) is 0 Å². The molecule has 1 aromatic rings. The van der Waals surface area contributed by atoms with Crippen LogP contribution in [0.1, 0.15) is 44.4 Å². The number of ether oxygens (including phenoxy) is 2. The first kappa shape index (κ1) is 16.2. The minimum absolute atomic E-state index is 0.0147. The quantitative estimate of drug-likeness (QED) is 0.734. The molecule has 1 aromatic carbocycles.